The lowest BCUT2D eigenvalue weighted by Crippen LogP contribution is -2.13. The minimum Gasteiger partial charge on any atom is -0.393 e. The van der Waals surface area contributed by atoms with Gasteiger partial charge in [0.05, 0.1) is 22.7 Å². The van der Waals surface area contributed by atoms with Crippen LogP contribution >= 0.6 is 0 Å². The zero-order chi connectivity index (χ0) is 13.8. The molecule has 0 radical (unpaired) electrons. The molecule has 6 heteroatoms. The number of nitrogens with zero attached hydrogens (tertiary/aromatic N) is 2. The van der Waals surface area contributed by atoms with Crippen molar-refractivity contribution in [2.24, 2.45) is 5.92 Å². The first kappa shape index (κ1) is 13.3. The normalized spacial score (nSPS) is 21.9. The van der Waals surface area contributed by atoms with Crippen LogP contribution in [0.15, 0.2) is 18.2 Å². The van der Waals surface area contributed by atoms with E-state index in [0.29, 0.717) is 23.7 Å². The Balaban J connectivity index is 2.09. The van der Waals surface area contributed by atoms with E-state index in [9.17, 15) is 15.2 Å². The molecule has 2 N–H and O–H groups in total. The van der Waals surface area contributed by atoms with Gasteiger partial charge in [0.15, 0.2) is 0 Å². The molecule has 1 fully saturated rings. The predicted molar refractivity (Wildman–Crippen MR) is 69.6 cm³/mol. The number of hydrogen-bond acceptors (Lipinski definition) is 5. The molecule has 1 aliphatic rings. The highest BCUT2D eigenvalue weighted by Gasteiger charge is 2.23. The molecule has 0 amide bonds. The quantitative estimate of drug-likeness (QED) is 0.638. The number of anilines is 1. The summed E-state index contributed by atoms with van der Waals surface area (Å²) in [5, 5.41) is 32.2. The van der Waals surface area contributed by atoms with E-state index in [1.165, 1.54) is 18.2 Å². The first-order valence-corrected chi connectivity index (χ1v) is 6.20. The van der Waals surface area contributed by atoms with Gasteiger partial charge in [-0.2, -0.15) is 5.26 Å². The van der Waals surface area contributed by atoms with Crippen LogP contribution in [0.5, 0.6) is 0 Å². The summed E-state index contributed by atoms with van der Waals surface area (Å²) in [5.41, 5.74) is 0.725. The van der Waals surface area contributed by atoms with Crippen molar-refractivity contribution < 1.29 is 10.0 Å². The van der Waals surface area contributed by atoms with Crippen molar-refractivity contribution in [2.75, 3.05) is 11.9 Å². The second-order valence-electron chi connectivity index (χ2n) is 4.81. The van der Waals surface area contributed by atoms with E-state index in [0.717, 1.165) is 19.3 Å². The van der Waals surface area contributed by atoms with Gasteiger partial charge in [-0.3, -0.25) is 10.1 Å². The number of nitro benzene ring substituents is 1. The number of aliphatic hydroxyl groups is 1. The molecular weight excluding hydrogens is 246 g/mol. The summed E-state index contributed by atoms with van der Waals surface area (Å²) in [6.45, 7) is 0.576. The molecule has 0 bridgehead atoms. The second-order valence-corrected chi connectivity index (χ2v) is 4.81. The molecule has 1 aromatic carbocycles. The lowest BCUT2D eigenvalue weighted by molar-refractivity contribution is -0.384. The van der Waals surface area contributed by atoms with Gasteiger partial charge < -0.3 is 10.4 Å². The van der Waals surface area contributed by atoms with E-state index in [1.807, 2.05) is 6.07 Å². The van der Waals surface area contributed by atoms with Crippen molar-refractivity contribution in [3.05, 3.63) is 33.9 Å². The maximum Gasteiger partial charge on any atom is 0.292 e. The van der Waals surface area contributed by atoms with Crippen LogP contribution in [0.1, 0.15) is 24.8 Å². The molecule has 1 saturated carbocycles. The highest BCUT2D eigenvalue weighted by Crippen LogP contribution is 2.29. The lowest BCUT2D eigenvalue weighted by atomic mass is 10.1. The summed E-state index contributed by atoms with van der Waals surface area (Å²) < 4.78 is 0. The van der Waals surface area contributed by atoms with Crippen LogP contribution in [-0.4, -0.2) is 22.7 Å². The zero-order valence-electron chi connectivity index (χ0n) is 10.4. The topological polar surface area (TPSA) is 99.2 Å². The predicted octanol–water partition coefficient (Wildman–Crippen LogP) is 2.04. The first-order chi connectivity index (χ1) is 9.10. The number of nitro groups is 1. The monoisotopic (exact) mass is 261 g/mol. The molecular formula is C13H15N3O3. The summed E-state index contributed by atoms with van der Waals surface area (Å²) in [5.74, 6) is 0.320. The number of aliphatic hydroxyl groups excluding tert-OH is 1. The Bertz CT molecular complexity index is 524. The van der Waals surface area contributed by atoms with Crippen molar-refractivity contribution in [1.82, 2.24) is 0 Å². The van der Waals surface area contributed by atoms with E-state index < -0.39 is 4.92 Å². The third-order valence-corrected chi connectivity index (χ3v) is 3.42. The fourth-order valence-corrected chi connectivity index (χ4v) is 2.39. The van der Waals surface area contributed by atoms with E-state index >= 15 is 0 Å². The third kappa shape index (κ3) is 3.20. The molecule has 1 aliphatic carbocycles. The van der Waals surface area contributed by atoms with Crippen molar-refractivity contribution >= 4 is 11.4 Å². The molecule has 0 heterocycles. The fraction of sp³-hybridized carbons (Fsp3) is 0.462. The molecule has 100 valence electrons. The van der Waals surface area contributed by atoms with Gasteiger partial charge in [-0.1, -0.05) is 0 Å². The molecule has 1 aromatic rings. The van der Waals surface area contributed by atoms with Crippen molar-refractivity contribution in [2.45, 2.75) is 25.4 Å². The van der Waals surface area contributed by atoms with Crippen LogP contribution in [0.25, 0.3) is 0 Å². The lowest BCUT2D eigenvalue weighted by Gasteiger charge is -2.12. The van der Waals surface area contributed by atoms with Gasteiger partial charge in [-0.25, -0.2) is 0 Å². The van der Waals surface area contributed by atoms with Crippen LogP contribution in [0, 0.1) is 27.4 Å². The van der Waals surface area contributed by atoms with Crippen molar-refractivity contribution in [1.29, 1.82) is 5.26 Å². The highest BCUT2D eigenvalue weighted by atomic mass is 16.6. The maximum absolute atomic E-state index is 10.9. The Labute approximate surface area is 110 Å². The summed E-state index contributed by atoms with van der Waals surface area (Å²) >= 11 is 0. The molecule has 6 nitrogen and oxygen atoms in total. The van der Waals surface area contributed by atoms with Crippen LogP contribution in [0.3, 0.4) is 0 Å². The molecule has 0 spiro atoms. The zero-order valence-corrected chi connectivity index (χ0v) is 10.4. The molecule has 0 aliphatic heterocycles. The van der Waals surface area contributed by atoms with Gasteiger partial charge >= 0.3 is 0 Å². The number of benzene rings is 1. The van der Waals surface area contributed by atoms with Crippen LogP contribution < -0.4 is 5.32 Å². The van der Waals surface area contributed by atoms with E-state index in [1.54, 1.807) is 0 Å². The average molecular weight is 261 g/mol. The highest BCUT2D eigenvalue weighted by molar-refractivity contribution is 5.64. The summed E-state index contributed by atoms with van der Waals surface area (Å²) in [4.78, 5) is 10.4. The second kappa shape index (κ2) is 5.67. The minimum atomic E-state index is -0.465. The fourth-order valence-electron chi connectivity index (χ4n) is 2.39. The van der Waals surface area contributed by atoms with Crippen LogP contribution in [-0.2, 0) is 0 Å². The number of hydrogen-bond donors (Lipinski definition) is 2. The Morgan fingerprint density at radius 1 is 1.53 bits per heavy atom. The summed E-state index contributed by atoms with van der Waals surface area (Å²) in [6, 6.07) is 6.23. The smallest absolute Gasteiger partial charge is 0.292 e. The molecule has 2 rings (SSSR count). The number of nitrogens with one attached hydrogen (secondary N) is 1. The van der Waals surface area contributed by atoms with Crippen molar-refractivity contribution in [3.8, 4) is 6.07 Å². The summed E-state index contributed by atoms with van der Waals surface area (Å²) in [7, 11) is 0. The van der Waals surface area contributed by atoms with E-state index in [4.69, 9.17) is 5.26 Å². The Morgan fingerprint density at radius 3 is 2.89 bits per heavy atom. The number of rotatable bonds is 4. The SMILES string of the molecule is N#Cc1ccc([N+](=O)[O-])c(NCC2CCC(O)C2)c1. The largest absolute Gasteiger partial charge is 0.393 e. The Morgan fingerprint density at radius 2 is 2.32 bits per heavy atom. The summed E-state index contributed by atoms with van der Waals surface area (Å²) in [6.07, 6.45) is 2.16. The number of nitriles is 1. The van der Waals surface area contributed by atoms with Gasteiger partial charge in [0, 0.05) is 12.6 Å². The molecule has 0 aromatic heterocycles. The van der Waals surface area contributed by atoms with Gasteiger partial charge in [0.1, 0.15) is 5.69 Å². The van der Waals surface area contributed by atoms with Gasteiger partial charge in [0.2, 0.25) is 0 Å². The van der Waals surface area contributed by atoms with E-state index in [2.05, 4.69) is 5.32 Å². The van der Waals surface area contributed by atoms with Crippen LogP contribution in [0.2, 0.25) is 0 Å². The average Bonchev–Trinajstić information content (AvgIpc) is 2.81. The Kier molecular flexibility index (Phi) is 3.97. The molecule has 2 unspecified atom stereocenters. The van der Waals surface area contributed by atoms with E-state index in [-0.39, 0.29) is 11.8 Å². The van der Waals surface area contributed by atoms with Gasteiger partial charge in [-0.05, 0) is 37.3 Å². The van der Waals surface area contributed by atoms with Crippen LogP contribution in [0.4, 0.5) is 11.4 Å². The van der Waals surface area contributed by atoms with Gasteiger partial charge in [-0.15, -0.1) is 0 Å². The first-order valence-electron chi connectivity index (χ1n) is 6.20. The molecule has 19 heavy (non-hydrogen) atoms. The molecule has 2 atom stereocenters. The third-order valence-electron chi connectivity index (χ3n) is 3.42. The maximum atomic E-state index is 10.9. The standard InChI is InChI=1S/C13H15N3O3/c14-7-9-2-4-13(16(18)19)12(6-9)15-8-10-1-3-11(17)5-10/h2,4,6,10-11,15,17H,1,3,5,8H2. The van der Waals surface area contributed by atoms with Crippen molar-refractivity contribution in [3.63, 3.8) is 0 Å². The molecule has 0 saturated heterocycles. The minimum absolute atomic E-state index is 0.0301. The van der Waals surface area contributed by atoms with Gasteiger partial charge in [0.25, 0.3) is 5.69 Å². The Hall–Kier alpha value is -2.13.